The van der Waals surface area contributed by atoms with Gasteiger partial charge in [-0.2, -0.15) is 0 Å². The van der Waals surface area contributed by atoms with E-state index in [2.05, 4.69) is 11.9 Å². The number of methoxy groups -OCH3 is 1. The summed E-state index contributed by atoms with van der Waals surface area (Å²) in [6.07, 6.45) is 3.07. The number of carboxylic acids is 1. The number of aromatic nitrogens is 1. The average Bonchev–Trinajstić information content (AvgIpc) is 2.73. The van der Waals surface area contributed by atoms with Gasteiger partial charge in [-0.25, -0.2) is 0 Å². The molecule has 0 fully saturated rings. The molecule has 0 aliphatic carbocycles. The van der Waals surface area contributed by atoms with Gasteiger partial charge in [0.05, 0.1) is 13.5 Å². The van der Waals surface area contributed by atoms with E-state index in [1.165, 1.54) is 0 Å². The first-order valence-electron chi connectivity index (χ1n) is 6.55. The molecular formula is C15H19NO3. The average molecular weight is 261 g/mol. The number of nitrogens with one attached hydrogen (secondary N) is 1. The van der Waals surface area contributed by atoms with Gasteiger partial charge in [0.2, 0.25) is 0 Å². The SMILES string of the molecule is CCCCc1[nH]c2ccc(OC)cc2c1CC(=O)O. The summed E-state index contributed by atoms with van der Waals surface area (Å²) in [4.78, 5) is 14.4. The number of rotatable bonds is 6. The third kappa shape index (κ3) is 2.89. The highest BCUT2D eigenvalue weighted by atomic mass is 16.5. The first-order chi connectivity index (χ1) is 9.15. The number of aromatic amines is 1. The van der Waals surface area contributed by atoms with E-state index < -0.39 is 5.97 Å². The number of ether oxygens (including phenoxy) is 1. The second-order valence-electron chi connectivity index (χ2n) is 4.67. The van der Waals surface area contributed by atoms with E-state index in [1.54, 1.807) is 7.11 Å². The van der Waals surface area contributed by atoms with E-state index in [1.807, 2.05) is 18.2 Å². The van der Waals surface area contributed by atoms with Crippen LogP contribution in [0.1, 0.15) is 31.0 Å². The number of hydrogen-bond acceptors (Lipinski definition) is 2. The Morgan fingerprint density at radius 1 is 1.42 bits per heavy atom. The lowest BCUT2D eigenvalue weighted by atomic mass is 10.0. The van der Waals surface area contributed by atoms with Crippen LogP contribution in [0.3, 0.4) is 0 Å². The predicted molar refractivity (Wildman–Crippen MR) is 74.8 cm³/mol. The third-order valence-electron chi connectivity index (χ3n) is 3.31. The second kappa shape index (κ2) is 5.78. The zero-order valence-corrected chi connectivity index (χ0v) is 11.3. The minimum Gasteiger partial charge on any atom is -0.497 e. The highest BCUT2D eigenvalue weighted by Crippen LogP contribution is 2.28. The van der Waals surface area contributed by atoms with Gasteiger partial charge in [-0.05, 0) is 36.6 Å². The normalized spacial score (nSPS) is 10.8. The fraction of sp³-hybridized carbons (Fsp3) is 0.400. The first-order valence-corrected chi connectivity index (χ1v) is 6.55. The van der Waals surface area contributed by atoms with Gasteiger partial charge in [-0.3, -0.25) is 4.79 Å². The van der Waals surface area contributed by atoms with Crippen molar-refractivity contribution in [2.45, 2.75) is 32.6 Å². The van der Waals surface area contributed by atoms with Crippen LogP contribution in [0.25, 0.3) is 10.9 Å². The maximum atomic E-state index is 11.0. The van der Waals surface area contributed by atoms with Crippen LogP contribution < -0.4 is 4.74 Å². The number of benzene rings is 1. The number of hydrogen-bond donors (Lipinski definition) is 2. The Bertz CT molecular complexity index is 586. The molecule has 2 rings (SSSR count). The van der Waals surface area contributed by atoms with Gasteiger partial charge < -0.3 is 14.8 Å². The Kier molecular flexibility index (Phi) is 4.10. The number of fused-ring (bicyclic) bond motifs is 1. The molecule has 4 nitrogen and oxygen atoms in total. The summed E-state index contributed by atoms with van der Waals surface area (Å²) in [6.45, 7) is 2.13. The molecule has 0 spiro atoms. The smallest absolute Gasteiger partial charge is 0.307 e. The van der Waals surface area contributed by atoms with Gasteiger partial charge in [0.1, 0.15) is 5.75 Å². The summed E-state index contributed by atoms with van der Waals surface area (Å²) >= 11 is 0. The predicted octanol–water partition coefficient (Wildman–Crippen LogP) is 3.15. The monoisotopic (exact) mass is 261 g/mol. The molecule has 0 amide bonds. The molecule has 0 radical (unpaired) electrons. The molecule has 0 atom stereocenters. The van der Waals surface area contributed by atoms with Gasteiger partial charge in [0.25, 0.3) is 0 Å². The summed E-state index contributed by atoms with van der Waals surface area (Å²) in [7, 11) is 1.61. The van der Waals surface area contributed by atoms with Gasteiger partial charge >= 0.3 is 5.97 Å². The van der Waals surface area contributed by atoms with Gasteiger partial charge in [-0.1, -0.05) is 13.3 Å². The molecule has 19 heavy (non-hydrogen) atoms. The van der Waals surface area contributed by atoms with Crippen molar-refractivity contribution in [3.8, 4) is 5.75 Å². The minimum atomic E-state index is -0.804. The second-order valence-corrected chi connectivity index (χ2v) is 4.67. The van der Waals surface area contributed by atoms with Crippen LogP contribution >= 0.6 is 0 Å². The molecular weight excluding hydrogens is 242 g/mol. The largest absolute Gasteiger partial charge is 0.497 e. The van der Waals surface area contributed by atoms with E-state index in [9.17, 15) is 4.79 Å². The zero-order valence-electron chi connectivity index (χ0n) is 11.3. The van der Waals surface area contributed by atoms with Crippen molar-refractivity contribution in [2.24, 2.45) is 0 Å². The highest BCUT2D eigenvalue weighted by molar-refractivity contribution is 5.89. The molecule has 4 heteroatoms. The minimum absolute atomic E-state index is 0.0478. The molecule has 2 N–H and O–H groups in total. The highest BCUT2D eigenvalue weighted by Gasteiger charge is 2.14. The van der Waals surface area contributed by atoms with Crippen molar-refractivity contribution >= 4 is 16.9 Å². The molecule has 1 aromatic heterocycles. The Morgan fingerprint density at radius 2 is 2.21 bits per heavy atom. The molecule has 0 saturated carbocycles. The summed E-state index contributed by atoms with van der Waals surface area (Å²) in [6, 6.07) is 5.72. The van der Waals surface area contributed by atoms with Crippen LogP contribution in [0.15, 0.2) is 18.2 Å². The Labute approximate surface area is 112 Å². The Morgan fingerprint density at radius 3 is 2.84 bits per heavy atom. The van der Waals surface area contributed by atoms with Crippen molar-refractivity contribution < 1.29 is 14.6 Å². The van der Waals surface area contributed by atoms with Crippen LogP contribution in [-0.4, -0.2) is 23.2 Å². The van der Waals surface area contributed by atoms with Crippen LogP contribution in [0, 0.1) is 0 Å². The lowest BCUT2D eigenvalue weighted by molar-refractivity contribution is -0.136. The van der Waals surface area contributed by atoms with E-state index in [4.69, 9.17) is 9.84 Å². The lowest BCUT2D eigenvalue weighted by Gasteiger charge is -2.02. The van der Waals surface area contributed by atoms with Crippen molar-refractivity contribution in [2.75, 3.05) is 7.11 Å². The first kappa shape index (κ1) is 13.5. The molecule has 0 aliphatic rings. The molecule has 102 valence electrons. The van der Waals surface area contributed by atoms with E-state index in [0.717, 1.165) is 47.2 Å². The molecule has 0 saturated heterocycles. The van der Waals surface area contributed by atoms with E-state index in [-0.39, 0.29) is 6.42 Å². The number of carbonyl (C=O) groups is 1. The quantitative estimate of drug-likeness (QED) is 0.839. The Balaban J connectivity index is 2.50. The molecule has 0 unspecified atom stereocenters. The van der Waals surface area contributed by atoms with Crippen molar-refractivity contribution in [3.63, 3.8) is 0 Å². The molecule has 0 bridgehead atoms. The van der Waals surface area contributed by atoms with Crippen LogP contribution in [0.5, 0.6) is 5.75 Å². The van der Waals surface area contributed by atoms with E-state index in [0.29, 0.717) is 0 Å². The third-order valence-corrected chi connectivity index (χ3v) is 3.31. The maximum Gasteiger partial charge on any atom is 0.307 e. The molecule has 0 aliphatic heterocycles. The molecule has 1 heterocycles. The number of H-pyrrole nitrogens is 1. The topological polar surface area (TPSA) is 62.3 Å². The van der Waals surface area contributed by atoms with Crippen molar-refractivity contribution in [1.29, 1.82) is 0 Å². The maximum absolute atomic E-state index is 11.0. The summed E-state index contributed by atoms with van der Waals surface area (Å²) < 4.78 is 5.21. The number of carboxylic acid groups (broad SMARTS) is 1. The molecule has 1 aromatic carbocycles. The lowest BCUT2D eigenvalue weighted by Crippen LogP contribution is -2.02. The summed E-state index contributed by atoms with van der Waals surface area (Å²) in [5, 5.41) is 10.0. The van der Waals surface area contributed by atoms with Gasteiger partial charge in [0, 0.05) is 16.6 Å². The number of aryl methyl sites for hydroxylation is 1. The van der Waals surface area contributed by atoms with Crippen LogP contribution in [-0.2, 0) is 17.6 Å². The fourth-order valence-corrected chi connectivity index (χ4v) is 2.33. The van der Waals surface area contributed by atoms with Crippen molar-refractivity contribution in [1.82, 2.24) is 4.98 Å². The van der Waals surface area contributed by atoms with Crippen molar-refractivity contribution in [3.05, 3.63) is 29.5 Å². The van der Waals surface area contributed by atoms with Gasteiger partial charge in [0.15, 0.2) is 0 Å². The molecule has 2 aromatic rings. The number of unbranched alkanes of at least 4 members (excludes halogenated alkanes) is 1. The fourth-order valence-electron chi connectivity index (χ4n) is 2.33. The van der Waals surface area contributed by atoms with Crippen LogP contribution in [0.2, 0.25) is 0 Å². The summed E-state index contributed by atoms with van der Waals surface area (Å²) in [5.41, 5.74) is 2.89. The Hall–Kier alpha value is -1.97. The van der Waals surface area contributed by atoms with Crippen LogP contribution in [0.4, 0.5) is 0 Å². The van der Waals surface area contributed by atoms with Gasteiger partial charge in [-0.15, -0.1) is 0 Å². The summed E-state index contributed by atoms with van der Waals surface area (Å²) in [5.74, 6) is -0.0540. The zero-order chi connectivity index (χ0) is 13.8. The van der Waals surface area contributed by atoms with E-state index >= 15 is 0 Å². The standard InChI is InChI=1S/C15H19NO3/c1-3-4-5-13-12(9-15(17)18)11-8-10(19-2)6-7-14(11)16-13/h6-8,16H,3-5,9H2,1-2H3,(H,17,18). The number of aliphatic carboxylic acids is 1.